The number of nitro groups is 1. The van der Waals surface area contributed by atoms with E-state index in [1.165, 1.54) is 23.9 Å². The predicted octanol–water partition coefficient (Wildman–Crippen LogP) is 5.40. The molecule has 0 fully saturated rings. The fourth-order valence-corrected chi connectivity index (χ4v) is 3.52. The molecule has 2 aromatic carbocycles. The van der Waals surface area contributed by atoms with Gasteiger partial charge in [-0.2, -0.15) is 0 Å². The molecule has 0 aliphatic heterocycles. The SMILES string of the molecule is Cc1ccc([N+](=O)[O-])cc1NC(=O)C(C)Sc1ccc(NC(=O)CC(C)(C)C)cc1. The highest BCUT2D eigenvalue weighted by molar-refractivity contribution is 8.00. The van der Waals surface area contributed by atoms with Crippen LogP contribution in [0.15, 0.2) is 47.4 Å². The van der Waals surface area contributed by atoms with Gasteiger partial charge in [0.15, 0.2) is 0 Å². The highest BCUT2D eigenvalue weighted by atomic mass is 32.2. The summed E-state index contributed by atoms with van der Waals surface area (Å²) in [5.41, 5.74) is 1.73. The molecule has 2 amide bonds. The number of nitrogens with zero attached hydrogens (tertiary/aromatic N) is 1. The monoisotopic (exact) mass is 429 g/mol. The number of hydrogen-bond acceptors (Lipinski definition) is 5. The quantitative estimate of drug-likeness (QED) is 0.349. The highest BCUT2D eigenvalue weighted by Gasteiger charge is 2.18. The number of aryl methyl sites for hydroxylation is 1. The molecule has 1 atom stereocenters. The predicted molar refractivity (Wildman–Crippen MR) is 121 cm³/mol. The topological polar surface area (TPSA) is 101 Å². The Morgan fingerprint density at radius 3 is 2.30 bits per heavy atom. The molecule has 160 valence electrons. The molecule has 0 spiro atoms. The second-order valence-corrected chi connectivity index (χ2v) is 9.73. The van der Waals surface area contributed by atoms with Crippen LogP contribution in [0.4, 0.5) is 17.1 Å². The summed E-state index contributed by atoms with van der Waals surface area (Å²) in [6.07, 6.45) is 0.428. The van der Waals surface area contributed by atoms with E-state index in [1.807, 2.05) is 32.9 Å². The molecule has 0 heterocycles. The first-order valence-electron chi connectivity index (χ1n) is 9.57. The number of amides is 2. The first-order valence-corrected chi connectivity index (χ1v) is 10.4. The lowest BCUT2D eigenvalue weighted by molar-refractivity contribution is -0.384. The molecule has 0 aliphatic rings. The molecule has 2 rings (SSSR count). The number of hydrogen-bond donors (Lipinski definition) is 2. The summed E-state index contributed by atoms with van der Waals surface area (Å²) in [5, 5.41) is 16.2. The van der Waals surface area contributed by atoms with Gasteiger partial charge in [-0.3, -0.25) is 19.7 Å². The molecule has 0 radical (unpaired) electrons. The summed E-state index contributed by atoms with van der Waals surface area (Å²) in [4.78, 5) is 35.9. The molecule has 0 bridgehead atoms. The smallest absolute Gasteiger partial charge is 0.271 e. The minimum Gasteiger partial charge on any atom is -0.326 e. The van der Waals surface area contributed by atoms with Gasteiger partial charge < -0.3 is 10.6 Å². The first-order chi connectivity index (χ1) is 13.9. The minimum absolute atomic E-state index is 0.0389. The molecular formula is C22H27N3O4S. The van der Waals surface area contributed by atoms with Crippen LogP contribution in [-0.4, -0.2) is 22.0 Å². The summed E-state index contributed by atoms with van der Waals surface area (Å²) in [6, 6.07) is 11.7. The Morgan fingerprint density at radius 1 is 1.10 bits per heavy atom. The molecule has 0 saturated carbocycles. The number of nitro benzene ring substituents is 1. The molecule has 0 aliphatic carbocycles. The minimum atomic E-state index is -0.491. The van der Waals surface area contributed by atoms with Crippen LogP contribution in [0.5, 0.6) is 0 Å². The van der Waals surface area contributed by atoms with E-state index in [2.05, 4.69) is 10.6 Å². The van der Waals surface area contributed by atoms with Crippen LogP contribution in [0.3, 0.4) is 0 Å². The lowest BCUT2D eigenvalue weighted by atomic mass is 9.92. The van der Waals surface area contributed by atoms with Gasteiger partial charge in [-0.15, -0.1) is 11.8 Å². The Morgan fingerprint density at radius 2 is 1.73 bits per heavy atom. The van der Waals surface area contributed by atoms with Gasteiger partial charge in [0.1, 0.15) is 0 Å². The van der Waals surface area contributed by atoms with Gasteiger partial charge in [-0.25, -0.2) is 0 Å². The third-order valence-corrected chi connectivity index (χ3v) is 5.31. The van der Waals surface area contributed by atoms with Crippen LogP contribution in [0.1, 0.15) is 39.7 Å². The zero-order valence-corrected chi connectivity index (χ0v) is 18.6. The van der Waals surface area contributed by atoms with Gasteiger partial charge in [0.2, 0.25) is 11.8 Å². The van der Waals surface area contributed by atoms with E-state index in [4.69, 9.17) is 0 Å². The second-order valence-electron chi connectivity index (χ2n) is 8.32. The Balaban J connectivity index is 1.96. The van der Waals surface area contributed by atoms with Gasteiger partial charge in [0, 0.05) is 29.1 Å². The van der Waals surface area contributed by atoms with Crippen molar-refractivity contribution >= 4 is 40.6 Å². The Labute approximate surface area is 180 Å². The second kappa shape index (κ2) is 9.75. The van der Waals surface area contributed by atoms with Crippen LogP contribution >= 0.6 is 11.8 Å². The van der Waals surface area contributed by atoms with E-state index >= 15 is 0 Å². The van der Waals surface area contributed by atoms with Gasteiger partial charge >= 0.3 is 0 Å². The molecule has 2 aromatic rings. The Hall–Kier alpha value is -2.87. The maximum atomic E-state index is 12.5. The highest BCUT2D eigenvalue weighted by Crippen LogP contribution is 2.28. The fourth-order valence-electron chi connectivity index (χ4n) is 2.65. The normalized spacial score (nSPS) is 12.2. The number of nitrogens with one attached hydrogen (secondary N) is 2. The van der Waals surface area contributed by atoms with Crippen molar-refractivity contribution in [1.82, 2.24) is 0 Å². The van der Waals surface area contributed by atoms with E-state index in [-0.39, 0.29) is 22.9 Å². The Kier molecular flexibility index (Phi) is 7.61. The Bertz CT molecular complexity index is 936. The third kappa shape index (κ3) is 7.18. The van der Waals surface area contributed by atoms with E-state index < -0.39 is 10.2 Å². The number of thioether (sulfide) groups is 1. The number of anilines is 2. The average Bonchev–Trinajstić information content (AvgIpc) is 2.63. The largest absolute Gasteiger partial charge is 0.326 e. The first kappa shape index (κ1) is 23.4. The fraction of sp³-hybridized carbons (Fsp3) is 0.364. The van der Waals surface area contributed by atoms with E-state index in [0.717, 1.165) is 10.5 Å². The van der Waals surface area contributed by atoms with Crippen molar-refractivity contribution in [2.45, 2.75) is 51.2 Å². The van der Waals surface area contributed by atoms with Gasteiger partial charge in [-0.05, 0) is 49.1 Å². The molecule has 0 saturated heterocycles. The van der Waals surface area contributed by atoms with Crippen LogP contribution in [-0.2, 0) is 9.59 Å². The lowest BCUT2D eigenvalue weighted by Crippen LogP contribution is -2.22. The van der Waals surface area contributed by atoms with Crippen molar-refractivity contribution in [2.75, 3.05) is 10.6 Å². The standard InChI is InChI=1S/C22H27N3O4S/c1-14-6-9-17(25(28)29)12-19(14)24-21(27)15(2)30-18-10-7-16(8-11-18)23-20(26)13-22(3,4)5/h6-12,15H,13H2,1-5H3,(H,23,26)(H,24,27). The van der Waals surface area contributed by atoms with Crippen molar-refractivity contribution < 1.29 is 14.5 Å². The summed E-state index contributed by atoms with van der Waals surface area (Å²) >= 11 is 1.37. The van der Waals surface area contributed by atoms with Crippen molar-refractivity contribution in [1.29, 1.82) is 0 Å². The third-order valence-electron chi connectivity index (χ3n) is 4.20. The van der Waals surface area contributed by atoms with E-state index in [0.29, 0.717) is 17.8 Å². The van der Waals surface area contributed by atoms with Crippen molar-refractivity contribution in [3.8, 4) is 0 Å². The van der Waals surface area contributed by atoms with Gasteiger partial charge in [0.25, 0.3) is 5.69 Å². The maximum absolute atomic E-state index is 12.5. The number of non-ortho nitro benzene ring substituents is 1. The van der Waals surface area contributed by atoms with E-state index in [1.54, 1.807) is 32.0 Å². The lowest BCUT2D eigenvalue weighted by Gasteiger charge is -2.17. The summed E-state index contributed by atoms with van der Waals surface area (Å²) in [7, 11) is 0. The average molecular weight is 430 g/mol. The molecule has 0 aromatic heterocycles. The number of rotatable bonds is 7. The summed E-state index contributed by atoms with van der Waals surface area (Å²) < 4.78 is 0. The van der Waals surface area contributed by atoms with Crippen molar-refractivity contribution in [2.24, 2.45) is 5.41 Å². The molecule has 30 heavy (non-hydrogen) atoms. The van der Waals surface area contributed by atoms with Gasteiger partial charge in [-0.1, -0.05) is 26.8 Å². The zero-order chi connectivity index (χ0) is 22.5. The number of carbonyl (C=O) groups excluding carboxylic acids is 2. The molecule has 8 heteroatoms. The van der Waals surface area contributed by atoms with Gasteiger partial charge in [0.05, 0.1) is 15.9 Å². The maximum Gasteiger partial charge on any atom is 0.271 e. The number of benzene rings is 2. The number of carbonyl (C=O) groups is 2. The van der Waals surface area contributed by atoms with Crippen molar-refractivity contribution in [3.63, 3.8) is 0 Å². The summed E-state index contributed by atoms with van der Waals surface area (Å²) in [6.45, 7) is 9.57. The van der Waals surface area contributed by atoms with Crippen LogP contribution < -0.4 is 10.6 Å². The molecular weight excluding hydrogens is 402 g/mol. The molecule has 2 N–H and O–H groups in total. The molecule has 7 nitrogen and oxygen atoms in total. The van der Waals surface area contributed by atoms with Crippen LogP contribution in [0.25, 0.3) is 0 Å². The van der Waals surface area contributed by atoms with E-state index in [9.17, 15) is 19.7 Å². The van der Waals surface area contributed by atoms with Crippen LogP contribution in [0, 0.1) is 22.5 Å². The molecule has 1 unspecified atom stereocenters. The summed E-state index contributed by atoms with van der Waals surface area (Å²) in [5.74, 6) is -0.283. The van der Waals surface area contributed by atoms with Crippen molar-refractivity contribution in [3.05, 3.63) is 58.1 Å². The van der Waals surface area contributed by atoms with Crippen LogP contribution in [0.2, 0.25) is 0 Å². The zero-order valence-electron chi connectivity index (χ0n) is 17.8.